The van der Waals surface area contributed by atoms with Crippen LogP contribution in [-0.4, -0.2) is 30.3 Å². The SMILES string of the molecule is C#C.O=C(NCCc1c[nH]c2ccccc12)/C1=C/NC/N=C\C(c2cccc(F)c2)CC1. The molecule has 0 saturated carbocycles. The molecule has 3 N–H and O–H groups in total. The van der Waals surface area contributed by atoms with Gasteiger partial charge in [-0.3, -0.25) is 9.79 Å². The van der Waals surface area contributed by atoms with E-state index in [9.17, 15) is 9.18 Å². The van der Waals surface area contributed by atoms with Crippen LogP contribution in [0, 0.1) is 18.7 Å². The Balaban J connectivity index is 0.00000141. The molecule has 0 fully saturated rings. The number of carbonyl (C=O) groups is 1. The van der Waals surface area contributed by atoms with E-state index in [4.69, 9.17) is 0 Å². The Labute approximate surface area is 187 Å². The van der Waals surface area contributed by atoms with Gasteiger partial charge in [0.15, 0.2) is 0 Å². The molecule has 2 aromatic carbocycles. The lowest BCUT2D eigenvalue weighted by atomic mass is 9.93. The number of aliphatic imine (C=N–C) groups is 1. The number of H-pyrrole nitrogens is 1. The Bertz CT molecular complexity index is 1130. The predicted octanol–water partition coefficient (Wildman–Crippen LogP) is 4.29. The van der Waals surface area contributed by atoms with Crippen molar-refractivity contribution in [2.24, 2.45) is 4.99 Å². The molecule has 0 spiro atoms. The van der Waals surface area contributed by atoms with E-state index in [1.54, 1.807) is 12.3 Å². The molecule has 3 aromatic rings. The second-order valence-corrected chi connectivity index (χ2v) is 7.43. The van der Waals surface area contributed by atoms with E-state index in [1.165, 1.54) is 23.1 Å². The summed E-state index contributed by atoms with van der Waals surface area (Å²) in [5.74, 6) is -0.366. The average Bonchev–Trinajstić information content (AvgIpc) is 3.28. The lowest BCUT2D eigenvalue weighted by molar-refractivity contribution is -0.117. The lowest BCUT2D eigenvalue weighted by Gasteiger charge is -2.14. The minimum absolute atomic E-state index is 0.0250. The lowest BCUT2D eigenvalue weighted by Crippen LogP contribution is -2.28. The molecule has 1 atom stereocenters. The van der Waals surface area contributed by atoms with E-state index in [0.29, 0.717) is 31.6 Å². The Hall–Kier alpha value is -3.85. The summed E-state index contributed by atoms with van der Waals surface area (Å²) in [5, 5.41) is 7.28. The first kappa shape index (κ1) is 22.8. The number of nitrogens with zero attached hydrogens (tertiary/aromatic N) is 1. The fourth-order valence-corrected chi connectivity index (χ4v) is 3.79. The summed E-state index contributed by atoms with van der Waals surface area (Å²) in [5.41, 5.74) is 3.85. The number of terminal acetylenes is 1. The molecule has 0 bridgehead atoms. The van der Waals surface area contributed by atoms with Crippen molar-refractivity contribution in [3.8, 4) is 12.8 Å². The smallest absolute Gasteiger partial charge is 0.248 e. The maximum atomic E-state index is 13.6. The first-order valence-corrected chi connectivity index (χ1v) is 10.5. The quantitative estimate of drug-likeness (QED) is 0.529. The summed E-state index contributed by atoms with van der Waals surface area (Å²) >= 11 is 0. The number of nitrogens with one attached hydrogen (secondary N) is 3. The van der Waals surface area contributed by atoms with Crippen LogP contribution in [0.4, 0.5) is 4.39 Å². The van der Waals surface area contributed by atoms with Gasteiger partial charge in [-0.2, -0.15) is 0 Å². The zero-order valence-corrected chi connectivity index (χ0v) is 17.9. The van der Waals surface area contributed by atoms with Crippen LogP contribution >= 0.6 is 0 Å². The van der Waals surface area contributed by atoms with E-state index in [2.05, 4.69) is 39.5 Å². The molecule has 32 heavy (non-hydrogen) atoms. The number of hydrogen-bond acceptors (Lipinski definition) is 3. The summed E-state index contributed by atoms with van der Waals surface area (Å²) in [7, 11) is 0. The first-order chi connectivity index (χ1) is 15.7. The van der Waals surface area contributed by atoms with Crippen molar-refractivity contribution in [1.82, 2.24) is 15.6 Å². The molecular weight excluding hydrogens is 403 g/mol. The van der Waals surface area contributed by atoms with Crippen LogP contribution in [0.1, 0.15) is 29.9 Å². The third-order valence-electron chi connectivity index (χ3n) is 5.39. The number of aromatic nitrogens is 1. The fraction of sp³-hybridized carbons (Fsp3) is 0.231. The number of carbonyl (C=O) groups excluding carboxylic acids is 1. The van der Waals surface area contributed by atoms with Crippen LogP contribution in [0.3, 0.4) is 0 Å². The highest BCUT2D eigenvalue weighted by atomic mass is 19.1. The third-order valence-corrected chi connectivity index (χ3v) is 5.39. The van der Waals surface area contributed by atoms with Gasteiger partial charge in [-0.1, -0.05) is 30.3 Å². The van der Waals surface area contributed by atoms with Crippen LogP contribution in [0.5, 0.6) is 0 Å². The zero-order chi connectivity index (χ0) is 22.8. The van der Waals surface area contributed by atoms with Gasteiger partial charge in [0.1, 0.15) is 12.5 Å². The Morgan fingerprint density at radius 1 is 1.19 bits per heavy atom. The molecule has 0 saturated heterocycles. The third kappa shape index (κ3) is 5.86. The highest BCUT2D eigenvalue weighted by molar-refractivity contribution is 5.93. The molecule has 0 radical (unpaired) electrons. The van der Waals surface area contributed by atoms with E-state index in [1.807, 2.05) is 36.7 Å². The molecule has 1 aliphatic rings. The van der Waals surface area contributed by atoms with Crippen LogP contribution in [0.15, 0.2) is 71.5 Å². The fourth-order valence-electron chi connectivity index (χ4n) is 3.79. The monoisotopic (exact) mass is 430 g/mol. The van der Waals surface area contributed by atoms with Crippen molar-refractivity contribution >= 4 is 23.0 Å². The van der Waals surface area contributed by atoms with Crippen molar-refractivity contribution in [2.75, 3.05) is 13.2 Å². The van der Waals surface area contributed by atoms with Gasteiger partial charge in [-0.15, -0.1) is 12.8 Å². The molecule has 5 nitrogen and oxygen atoms in total. The topological polar surface area (TPSA) is 69.3 Å². The van der Waals surface area contributed by atoms with Crippen molar-refractivity contribution in [1.29, 1.82) is 0 Å². The Kier molecular flexibility index (Phi) is 8.22. The van der Waals surface area contributed by atoms with Gasteiger partial charge in [-0.05, 0) is 48.6 Å². The number of halogens is 1. The van der Waals surface area contributed by atoms with Crippen molar-refractivity contribution in [3.63, 3.8) is 0 Å². The van der Waals surface area contributed by atoms with Crippen LogP contribution in [0.25, 0.3) is 10.9 Å². The van der Waals surface area contributed by atoms with Gasteiger partial charge in [0.25, 0.3) is 0 Å². The average molecular weight is 431 g/mol. The highest BCUT2D eigenvalue weighted by Gasteiger charge is 2.16. The number of fused-ring (bicyclic) bond motifs is 1. The molecule has 1 aliphatic heterocycles. The number of amides is 1. The van der Waals surface area contributed by atoms with Gasteiger partial charge < -0.3 is 15.6 Å². The summed E-state index contributed by atoms with van der Waals surface area (Å²) in [6.07, 6.45) is 15.6. The van der Waals surface area contributed by atoms with Crippen LogP contribution in [-0.2, 0) is 11.2 Å². The maximum absolute atomic E-state index is 13.6. The van der Waals surface area contributed by atoms with Crippen molar-refractivity contribution < 1.29 is 9.18 Å². The number of para-hydroxylation sites is 1. The Morgan fingerprint density at radius 2 is 2.03 bits per heavy atom. The van der Waals surface area contributed by atoms with Crippen molar-refractivity contribution in [2.45, 2.75) is 25.2 Å². The first-order valence-electron chi connectivity index (χ1n) is 10.5. The molecule has 2 heterocycles. The largest absolute Gasteiger partial charge is 0.372 e. The second kappa shape index (κ2) is 11.5. The van der Waals surface area contributed by atoms with Crippen LogP contribution in [0.2, 0.25) is 0 Å². The van der Waals surface area contributed by atoms with Gasteiger partial charge in [-0.25, -0.2) is 4.39 Å². The molecule has 1 amide bonds. The second-order valence-electron chi connectivity index (χ2n) is 7.43. The summed E-state index contributed by atoms with van der Waals surface area (Å²) in [4.78, 5) is 20.4. The van der Waals surface area contributed by atoms with E-state index < -0.39 is 0 Å². The minimum atomic E-state index is -0.260. The summed E-state index contributed by atoms with van der Waals surface area (Å²) < 4.78 is 13.6. The molecule has 6 heteroatoms. The predicted molar refractivity (Wildman–Crippen MR) is 128 cm³/mol. The standard InChI is InChI=1S/C24H25FN4O.C2H2/c25-21-5-3-4-17(12-21)18-8-9-20(14-27-16-26-13-18)24(30)28-11-10-19-15-29-23-7-2-1-6-22(19)23;1-2/h1-7,12-15,18,27,29H,8-11,16H2,(H,28,30);1-2H/b20-14+,26-13-;. The van der Waals surface area contributed by atoms with Crippen molar-refractivity contribution in [3.05, 3.63) is 83.4 Å². The van der Waals surface area contributed by atoms with E-state index in [0.717, 1.165) is 17.5 Å². The summed E-state index contributed by atoms with van der Waals surface area (Å²) in [6.45, 7) is 0.944. The molecular formula is C26H27FN4O. The molecule has 4 rings (SSSR count). The molecule has 164 valence electrons. The van der Waals surface area contributed by atoms with Gasteiger partial charge in [0, 0.05) is 47.6 Å². The zero-order valence-electron chi connectivity index (χ0n) is 17.9. The van der Waals surface area contributed by atoms with Crippen LogP contribution < -0.4 is 10.6 Å². The van der Waals surface area contributed by atoms with E-state index >= 15 is 0 Å². The van der Waals surface area contributed by atoms with E-state index in [-0.39, 0.29) is 17.6 Å². The highest BCUT2D eigenvalue weighted by Crippen LogP contribution is 2.23. The molecule has 1 unspecified atom stereocenters. The maximum Gasteiger partial charge on any atom is 0.248 e. The number of hydrogen-bond donors (Lipinski definition) is 3. The normalized spacial score (nSPS) is 18.5. The number of benzene rings is 2. The van der Waals surface area contributed by atoms with Gasteiger partial charge >= 0.3 is 0 Å². The Morgan fingerprint density at radius 3 is 2.88 bits per heavy atom. The summed E-state index contributed by atoms with van der Waals surface area (Å²) in [6, 6.07) is 14.7. The van der Waals surface area contributed by atoms with Gasteiger partial charge in [0.05, 0.1) is 0 Å². The number of rotatable bonds is 5. The molecule has 1 aromatic heterocycles. The number of aromatic amines is 1. The minimum Gasteiger partial charge on any atom is -0.372 e. The van der Waals surface area contributed by atoms with Gasteiger partial charge in [0.2, 0.25) is 5.91 Å². The molecule has 0 aliphatic carbocycles.